The summed E-state index contributed by atoms with van der Waals surface area (Å²) in [7, 11) is -1.84. The zero-order valence-electron chi connectivity index (χ0n) is 25.3. The molecule has 228 valence electrons. The number of aryl methyl sites for hydroxylation is 1. The lowest BCUT2D eigenvalue weighted by Gasteiger charge is -2.48. The van der Waals surface area contributed by atoms with Crippen molar-refractivity contribution in [3.63, 3.8) is 0 Å². The minimum Gasteiger partial charge on any atom is -0.537 e. The van der Waals surface area contributed by atoms with Crippen molar-refractivity contribution in [1.29, 1.82) is 0 Å². The van der Waals surface area contributed by atoms with Crippen molar-refractivity contribution >= 4 is 32.1 Å². The second-order valence-corrected chi connectivity index (χ2v) is 13.5. The van der Waals surface area contributed by atoms with Gasteiger partial charge in [0, 0.05) is 35.3 Å². The molecule has 0 saturated heterocycles. The van der Waals surface area contributed by atoms with Crippen LogP contribution < -0.4 is 15.2 Å². The monoisotopic (exact) mass is 618 g/mol. The molecule has 0 amide bonds. The van der Waals surface area contributed by atoms with Gasteiger partial charge in [-0.15, -0.1) is 0 Å². The molecule has 0 aliphatic carbocycles. The molecule has 1 atom stereocenters. The van der Waals surface area contributed by atoms with E-state index in [-0.39, 0.29) is 24.5 Å². The van der Waals surface area contributed by atoms with Gasteiger partial charge < -0.3 is 28.0 Å². The first-order valence-electron chi connectivity index (χ1n) is 13.3. The fraction of sp³-hybridized carbons (Fsp3) is 0.483. The lowest BCUT2D eigenvalue weighted by molar-refractivity contribution is -0.122. The quantitative estimate of drug-likeness (QED) is 0.113. The number of hydrogen-bond acceptors (Lipinski definition) is 10. The summed E-state index contributed by atoms with van der Waals surface area (Å²) in [6.07, 6.45) is 1.91. The third-order valence-corrected chi connectivity index (χ3v) is 9.52. The Bertz CT molecular complexity index is 1420. The zero-order valence-corrected chi connectivity index (χ0v) is 27.1. The van der Waals surface area contributed by atoms with Crippen molar-refractivity contribution in [1.82, 2.24) is 10.1 Å². The molecule has 13 heteroatoms. The summed E-state index contributed by atoms with van der Waals surface area (Å²) in [4.78, 5) is 19.0. The lowest BCUT2D eigenvalue weighted by atomic mass is 9.68. The van der Waals surface area contributed by atoms with Crippen LogP contribution in [0, 0.1) is 23.6 Å². The molecular weight excluding hydrogens is 579 g/mol. The minimum atomic E-state index is -3.30. The average molecular weight is 619 g/mol. The molecule has 2 aromatic carbocycles. The summed E-state index contributed by atoms with van der Waals surface area (Å²) < 4.78 is 49.8. The molecular formula is C29H39FN4O6SSi. The van der Waals surface area contributed by atoms with Crippen LogP contribution >= 0.6 is 11.8 Å². The number of halogens is 1. The molecule has 0 aliphatic heterocycles. The largest absolute Gasteiger partial charge is 0.550 e. The third-order valence-electron chi connectivity index (χ3n) is 7.55. The smallest absolute Gasteiger partial charge is 0.537 e. The van der Waals surface area contributed by atoms with Crippen LogP contribution in [0.4, 0.5) is 10.1 Å². The van der Waals surface area contributed by atoms with E-state index in [0.29, 0.717) is 34.6 Å². The Kier molecular flexibility index (Phi) is 10.7. The highest BCUT2D eigenvalue weighted by atomic mass is 32.2. The van der Waals surface area contributed by atoms with E-state index in [1.54, 1.807) is 39.0 Å². The molecule has 1 unspecified atom stereocenters. The fourth-order valence-corrected chi connectivity index (χ4v) is 5.64. The first kappa shape index (κ1) is 33.4. The van der Waals surface area contributed by atoms with Gasteiger partial charge in [0.15, 0.2) is 11.5 Å². The van der Waals surface area contributed by atoms with Crippen LogP contribution in [-0.2, 0) is 9.20 Å². The van der Waals surface area contributed by atoms with Gasteiger partial charge in [0.05, 0.1) is 25.1 Å². The maximum absolute atomic E-state index is 15.4. The summed E-state index contributed by atoms with van der Waals surface area (Å²) in [6, 6.07) is 10.0. The summed E-state index contributed by atoms with van der Waals surface area (Å²) >= 11 is 1.50. The van der Waals surface area contributed by atoms with Crippen molar-refractivity contribution < 1.29 is 32.4 Å². The van der Waals surface area contributed by atoms with Crippen molar-refractivity contribution in [2.24, 2.45) is 21.6 Å². The Labute approximate surface area is 251 Å². The SMILES string of the molecule is COc1cc(C(CSC)=Nc2ccc(-c3noc(C)n3)cc2)c(F)cc1OCCOC(N)([Si](=O)O)C(C)(C)C(C)(C)C. The molecule has 1 aromatic heterocycles. The molecule has 3 N–H and O–H groups in total. The van der Waals surface area contributed by atoms with Crippen LogP contribution in [0.5, 0.6) is 11.5 Å². The zero-order chi connectivity index (χ0) is 31.3. The van der Waals surface area contributed by atoms with E-state index >= 15 is 4.39 Å². The molecule has 42 heavy (non-hydrogen) atoms. The first-order chi connectivity index (χ1) is 19.6. The minimum absolute atomic E-state index is 0.0541. The van der Waals surface area contributed by atoms with Gasteiger partial charge >= 0.3 is 8.93 Å². The van der Waals surface area contributed by atoms with Crippen LogP contribution in [0.2, 0.25) is 0 Å². The van der Waals surface area contributed by atoms with Crippen LogP contribution in [-0.4, -0.2) is 67.3 Å². The Hall–Kier alpha value is -3.13. The first-order valence-corrected chi connectivity index (χ1v) is 16.0. The predicted molar refractivity (Wildman–Crippen MR) is 162 cm³/mol. The predicted octanol–water partition coefficient (Wildman–Crippen LogP) is 5.25. The van der Waals surface area contributed by atoms with Crippen LogP contribution in [0.1, 0.15) is 46.1 Å². The molecule has 0 aliphatic rings. The van der Waals surface area contributed by atoms with Gasteiger partial charge in [-0.1, -0.05) is 39.8 Å². The number of rotatable bonds is 13. The van der Waals surface area contributed by atoms with Crippen molar-refractivity contribution in [3.8, 4) is 22.9 Å². The number of ether oxygens (including phenoxy) is 3. The van der Waals surface area contributed by atoms with E-state index in [0.717, 1.165) is 5.56 Å². The molecule has 3 aromatic rings. The van der Waals surface area contributed by atoms with Gasteiger partial charge in [0.2, 0.25) is 17.1 Å². The van der Waals surface area contributed by atoms with Gasteiger partial charge in [-0.2, -0.15) is 16.7 Å². The van der Waals surface area contributed by atoms with Crippen LogP contribution in [0.25, 0.3) is 11.4 Å². The molecule has 3 rings (SSSR count). The number of aromatic nitrogens is 2. The number of methoxy groups -OCH3 is 1. The second kappa shape index (κ2) is 13.4. The Morgan fingerprint density at radius 2 is 1.81 bits per heavy atom. The highest BCUT2D eigenvalue weighted by molar-refractivity contribution is 7.99. The molecule has 0 bridgehead atoms. The van der Waals surface area contributed by atoms with E-state index in [1.165, 1.54) is 24.9 Å². The number of benzene rings is 2. The van der Waals surface area contributed by atoms with E-state index < -0.39 is 30.9 Å². The molecule has 1 heterocycles. The van der Waals surface area contributed by atoms with E-state index in [2.05, 4.69) is 10.1 Å². The van der Waals surface area contributed by atoms with Gasteiger partial charge in [-0.25, -0.2) is 4.39 Å². The Morgan fingerprint density at radius 1 is 1.14 bits per heavy atom. The molecule has 0 radical (unpaired) electrons. The molecule has 10 nitrogen and oxygen atoms in total. The molecule has 0 fully saturated rings. The van der Waals surface area contributed by atoms with Gasteiger partial charge in [0.25, 0.3) is 0 Å². The van der Waals surface area contributed by atoms with Gasteiger partial charge in [-0.05, 0) is 42.0 Å². The summed E-state index contributed by atoms with van der Waals surface area (Å²) in [5, 5.41) is 2.13. The number of nitrogens with zero attached hydrogens (tertiary/aromatic N) is 3. The molecule has 0 saturated carbocycles. The third kappa shape index (κ3) is 7.25. The number of thioether (sulfide) groups is 1. The van der Waals surface area contributed by atoms with Crippen molar-refractivity contribution in [2.75, 3.05) is 32.3 Å². The van der Waals surface area contributed by atoms with Gasteiger partial charge in [0.1, 0.15) is 12.4 Å². The fourth-order valence-electron chi connectivity index (χ4n) is 4.01. The van der Waals surface area contributed by atoms with E-state index in [9.17, 15) is 9.26 Å². The second-order valence-electron chi connectivity index (χ2n) is 11.3. The summed E-state index contributed by atoms with van der Waals surface area (Å²) in [6.45, 7) is 10.9. The van der Waals surface area contributed by atoms with E-state index in [4.69, 9.17) is 29.5 Å². The van der Waals surface area contributed by atoms with Crippen LogP contribution in [0.3, 0.4) is 0 Å². The number of aliphatic imine (C=N–C) groups is 1. The van der Waals surface area contributed by atoms with E-state index in [1.807, 2.05) is 39.2 Å². The van der Waals surface area contributed by atoms with Crippen molar-refractivity contribution in [2.45, 2.75) is 46.9 Å². The highest BCUT2D eigenvalue weighted by Gasteiger charge is 2.57. The molecule has 0 spiro atoms. The topological polar surface area (TPSA) is 142 Å². The normalized spacial score (nSPS) is 14.0. The standard InChI is InChI=1S/C29H39FN4O6SSi/c1-18-32-26(34-40-18)19-9-11-20(12-10-19)33-23(17-41-8)21-15-24(37-7)25(16-22(21)30)38-13-14-39-29(31,42(35)36)28(5,6)27(2,3)4/h9-12,15-16,35H,13-14,17,31H2,1-8H3. The van der Waals surface area contributed by atoms with Crippen molar-refractivity contribution in [3.05, 3.63) is 53.7 Å². The highest BCUT2D eigenvalue weighted by Crippen LogP contribution is 2.45. The number of hydrogen-bond donors (Lipinski definition) is 2. The van der Waals surface area contributed by atoms with Gasteiger partial charge in [-0.3, -0.25) is 10.7 Å². The lowest BCUT2D eigenvalue weighted by Crippen LogP contribution is -2.66. The number of nitrogens with two attached hydrogens (primary N) is 1. The van der Waals surface area contributed by atoms with Crippen LogP contribution in [0.15, 0.2) is 45.9 Å². The maximum atomic E-state index is 15.4. The summed E-state index contributed by atoms with van der Waals surface area (Å²) in [5.74, 6) is 1.30. The maximum Gasteiger partial charge on any atom is 0.550 e. The Balaban J connectivity index is 1.80. The Morgan fingerprint density at radius 3 is 2.33 bits per heavy atom. The average Bonchev–Trinajstić information content (AvgIpc) is 3.36. The summed E-state index contributed by atoms with van der Waals surface area (Å²) in [5.41, 5.74) is 7.25.